The molecule has 0 aliphatic carbocycles. The zero-order valence-electron chi connectivity index (χ0n) is 43.3. The molecule has 0 aromatic heterocycles. The second-order valence-electron chi connectivity index (χ2n) is 20.3. The number of rotatable bonds is 52. The van der Waals surface area contributed by atoms with Crippen molar-refractivity contribution in [3.8, 4) is 0 Å². The topological polar surface area (TPSA) is 108 Å². The van der Waals surface area contributed by atoms with Gasteiger partial charge in [-0.25, -0.2) is 4.57 Å². The number of hydrogen-bond acceptors (Lipinski definition) is 7. The summed E-state index contributed by atoms with van der Waals surface area (Å²) in [5.74, 6) is -0.785. The lowest BCUT2D eigenvalue weighted by Gasteiger charge is -2.24. The standard InChI is InChI=1S/C54H108NO8P/c1-6-8-10-12-14-16-17-18-19-20-21-22-23-24-25-26-27-28-29-30-31-32-33-34-35-36-37-38-39-41-43-45-47-54(57)63-52(51-62-64(58,59)61-49-48-55(3,4)5)50-60-53(56)46-44-42-40-15-13-11-9-7-2/h52H,6-51H2,1-5H3/p+1. The van der Waals surface area contributed by atoms with E-state index in [1.807, 2.05) is 21.1 Å². The number of likely N-dealkylation sites (N-methyl/N-ethyl adjacent to an activating group) is 1. The maximum absolute atomic E-state index is 12.7. The molecule has 0 fully saturated rings. The molecule has 0 saturated carbocycles. The van der Waals surface area contributed by atoms with E-state index >= 15 is 0 Å². The molecule has 0 spiro atoms. The number of carbonyl (C=O) groups is 2. The first kappa shape index (κ1) is 63.0. The van der Waals surface area contributed by atoms with Gasteiger partial charge in [-0.15, -0.1) is 0 Å². The number of unbranched alkanes of at least 4 members (excludes halogenated alkanes) is 38. The molecule has 0 aromatic rings. The monoisotopic (exact) mass is 931 g/mol. The lowest BCUT2D eigenvalue weighted by Crippen LogP contribution is -2.37. The van der Waals surface area contributed by atoms with Crippen LogP contribution in [0, 0.1) is 0 Å². The first-order valence-corrected chi connectivity index (χ1v) is 29.3. The van der Waals surface area contributed by atoms with E-state index in [1.165, 1.54) is 218 Å². The largest absolute Gasteiger partial charge is 0.472 e. The fraction of sp³-hybridized carbons (Fsp3) is 0.963. The predicted octanol–water partition coefficient (Wildman–Crippen LogP) is 16.7. The van der Waals surface area contributed by atoms with Gasteiger partial charge < -0.3 is 18.9 Å². The molecule has 64 heavy (non-hydrogen) atoms. The fourth-order valence-corrected chi connectivity index (χ4v) is 9.05. The van der Waals surface area contributed by atoms with Crippen LogP contribution < -0.4 is 0 Å². The smallest absolute Gasteiger partial charge is 0.462 e. The van der Waals surface area contributed by atoms with Crippen LogP contribution in [0.3, 0.4) is 0 Å². The normalized spacial score (nSPS) is 13.3. The molecule has 1 N–H and O–H groups in total. The summed E-state index contributed by atoms with van der Waals surface area (Å²) >= 11 is 0. The van der Waals surface area contributed by atoms with Crippen LogP contribution in [0.1, 0.15) is 284 Å². The van der Waals surface area contributed by atoms with Crippen LogP contribution in [0.25, 0.3) is 0 Å². The van der Waals surface area contributed by atoms with Crippen molar-refractivity contribution in [2.45, 2.75) is 290 Å². The zero-order chi connectivity index (χ0) is 47.1. The third-order valence-corrected chi connectivity index (χ3v) is 13.6. The van der Waals surface area contributed by atoms with E-state index < -0.39 is 26.5 Å². The highest BCUT2D eigenvalue weighted by Crippen LogP contribution is 2.43. The van der Waals surface area contributed by atoms with Crippen LogP contribution in [-0.4, -0.2) is 74.9 Å². The summed E-state index contributed by atoms with van der Waals surface area (Å²) in [6, 6.07) is 0. The second-order valence-corrected chi connectivity index (χ2v) is 21.8. The van der Waals surface area contributed by atoms with Gasteiger partial charge in [-0.05, 0) is 12.8 Å². The van der Waals surface area contributed by atoms with Crippen LogP contribution >= 0.6 is 7.82 Å². The molecule has 0 aliphatic rings. The fourth-order valence-electron chi connectivity index (χ4n) is 8.31. The van der Waals surface area contributed by atoms with E-state index in [-0.39, 0.29) is 25.6 Å². The van der Waals surface area contributed by atoms with Gasteiger partial charge in [-0.1, -0.05) is 258 Å². The Kier molecular flexibility index (Phi) is 46.4. The van der Waals surface area contributed by atoms with Crippen LogP contribution in [0.15, 0.2) is 0 Å². The first-order chi connectivity index (χ1) is 31.0. The number of quaternary nitrogens is 1. The summed E-state index contributed by atoms with van der Waals surface area (Å²) in [7, 11) is 1.50. The van der Waals surface area contributed by atoms with Crippen LogP contribution in [0.5, 0.6) is 0 Å². The third kappa shape index (κ3) is 50.4. The second kappa shape index (κ2) is 47.1. The Morgan fingerprint density at radius 2 is 0.703 bits per heavy atom. The van der Waals surface area contributed by atoms with E-state index in [0.717, 1.165) is 38.5 Å². The molecule has 0 aliphatic heterocycles. The molecular formula is C54H109NO8P+. The van der Waals surface area contributed by atoms with Gasteiger partial charge in [0, 0.05) is 12.8 Å². The number of phosphoric acid groups is 1. The summed E-state index contributed by atoms with van der Waals surface area (Å²) in [5, 5.41) is 0. The molecular weight excluding hydrogens is 822 g/mol. The van der Waals surface area contributed by atoms with E-state index in [2.05, 4.69) is 13.8 Å². The minimum absolute atomic E-state index is 0.0367. The van der Waals surface area contributed by atoms with E-state index in [4.69, 9.17) is 18.5 Å². The third-order valence-electron chi connectivity index (χ3n) is 12.6. The first-order valence-electron chi connectivity index (χ1n) is 27.8. The lowest BCUT2D eigenvalue weighted by molar-refractivity contribution is -0.870. The summed E-state index contributed by atoms with van der Waals surface area (Å²) in [4.78, 5) is 35.3. The minimum Gasteiger partial charge on any atom is -0.462 e. The Morgan fingerprint density at radius 3 is 1.00 bits per heavy atom. The van der Waals surface area contributed by atoms with Crippen molar-refractivity contribution in [3.05, 3.63) is 0 Å². The van der Waals surface area contributed by atoms with Crippen molar-refractivity contribution in [1.29, 1.82) is 0 Å². The van der Waals surface area contributed by atoms with Gasteiger partial charge >= 0.3 is 19.8 Å². The maximum atomic E-state index is 12.7. The number of ether oxygens (including phenoxy) is 2. The highest BCUT2D eigenvalue weighted by Gasteiger charge is 2.27. The molecule has 382 valence electrons. The summed E-state index contributed by atoms with van der Waals surface area (Å²) in [5.41, 5.74) is 0. The summed E-state index contributed by atoms with van der Waals surface area (Å²) in [6.45, 7) is 4.44. The lowest BCUT2D eigenvalue weighted by atomic mass is 10.0. The van der Waals surface area contributed by atoms with E-state index in [9.17, 15) is 19.0 Å². The molecule has 0 saturated heterocycles. The Balaban J connectivity index is 3.87. The van der Waals surface area contributed by atoms with Crippen LogP contribution in [0.4, 0.5) is 0 Å². The maximum Gasteiger partial charge on any atom is 0.472 e. The number of nitrogens with zero attached hydrogens (tertiary/aromatic N) is 1. The molecule has 0 bridgehead atoms. The van der Waals surface area contributed by atoms with E-state index in [1.54, 1.807) is 0 Å². The quantitative estimate of drug-likeness (QED) is 0.0278. The van der Waals surface area contributed by atoms with Crippen molar-refractivity contribution in [1.82, 2.24) is 0 Å². The van der Waals surface area contributed by atoms with Crippen molar-refractivity contribution in [3.63, 3.8) is 0 Å². The van der Waals surface area contributed by atoms with Gasteiger partial charge in [0.15, 0.2) is 6.10 Å². The van der Waals surface area contributed by atoms with Gasteiger partial charge in [-0.3, -0.25) is 18.6 Å². The number of phosphoric ester groups is 1. The van der Waals surface area contributed by atoms with Crippen molar-refractivity contribution >= 4 is 19.8 Å². The number of esters is 2. The van der Waals surface area contributed by atoms with Crippen molar-refractivity contribution in [2.24, 2.45) is 0 Å². The van der Waals surface area contributed by atoms with Crippen LogP contribution in [0.2, 0.25) is 0 Å². The highest BCUT2D eigenvalue weighted by molar-refractivity contribution is 7.47. The molecule has 2 atom stereocenters. The average Bonchev–Trinajstić information content (AvgIpc) is 3.25. The highest BCUT2D eigenvalue weighted by atomic mass is 31.2. The van der Waals surface area contributed by atoms with Crippen molar-refractivity contribution in [2.75, 3.05) is 47.5 Å². The summed E-state index contributed by atoms with van der Waals surface area (Å²) < 4.78 is 34.3. The van der Waals surface area contributed by atoms with Gasteiger partial charge in [0.05, 0.1) is 27.7 Å². The molecule has 2 unspecified atom stereocenters. The molecule has 0 aromatic carbocycles. The molecule has 0 amide bonds. The predicted molar refractivity (Wildman–Crippen MR) is 271 cm³/mol. The van der Waals surface area contributed by atoms with Crippen LogP contribution in [-0.2, 0) is 32.7 Å². The number of hydrogen-bond donors (Lipinski definition) is 1. The SMILES string of the molecule is CCCCCCCCCCCCCCCCCCCCCCCCCCCCCCCCCCC(=O)OC(COC(=O)CCCCCCCCCC)COP(=O)(O)OCC[N+](C)(C)C. The molecule has 0 heterocycles. The average molecular weight is 931 g/mol. The molecule has 0 rings (SSSR count). The van der Waals surface area contributed by atoms with Crippen molar-refractivity contribution < 1.29 is 42.1 Å². The Hall–Kier alpha value is -0.990. The Labute approximate surface area is 397 Å². The van der Waals surface area contributed by atoms with Gasteiger partial charge in [-0.2, -0.15) is 0 Å². The number of carbonyl (C=O) groups excluding carboxylic acids is 2. The molecule has 9 nitrogen and oxygen atoms in total. The molecule has 0 radical (unpaired) electrons. The van der Waals surface area contributed by atoms with E-state index in [0.29, 0.717) is 17.4 Å². The van der Waals surface area contributed by atoms with Gasteiger partial charge in [0.2, 0.25) is 0 Å². The molecule has 10 heteroatoms. The van der Waals surface area contributed by atoms with Gasteiger partial charge in [0.25, 0.3) is 0 Å². The zero-order valence-corrected chi connectivity index (χ0v) is 44.2. The Morgan fingerprint density at radius 1 is 0.422 bits per heavy atom. The van der Waals surface area contributed by atoms with Gasteiger partial charge in [0.1, 0.15) is 19.8 Å². The minimum atomic E-state index is -4.37. The Bertz CT molecular complexity index is 1050. The summed E-state index contributed by atoms with van der Waals surface area (Å²) in [6.07, 6.45) is 52.1.